The number of likely N-dealkylation sites (tertiary alicyclic amines) is 1. The molecule has 0 bridgehead atoms. The van der Waals surface area contributed by atoms with Crippen LogP contribution in [0.5, 0.6) is 0 Å². The second-order valence-corrected chi connectivity index (χ2v) is 7.07. The van der Waals surface area contributed by atoms with Gasteiger partial charge in [0.2, 0.25) is 10.0 Å². The third kappa shape index (κ3) is 1.50. The Morgan fingerprint density at radius 2 is 1.94 bits per heavy atom. The fourth-order valence-corrected chi connectivity index (χ4v) is 4.98. The molecule has 2 heterocycles. The molecule has 1 saturated heterocycles. The summed E-state index contributed by atoms with van der Waals surface area (Å²) in [7, 11) is -3.28. The fraction of sp³-hybridized carbons (Fsp3) is 0.538. The molecule has 5 heteroatoms. The number of anilines is 1. The van der Waals surface area contributed by atoms with Crippen LogP contribution in [0, 0.1) is 0 Å². The van der Waals surface area contributed by atoms with Crippen LogP contribution < -0.4 is 4.72 Å². The number of para-hydroxylation sites is 1. The molecule has 0 radical (unpaired) electrons. The van der Waals surface area contributed by atoms with E-state index < -0.39 is 14.8 Å². The molecule has 0 aliphatic carbocycles. The van der Waals surface area contributed by atoms with E-state index in [4.69, 9.17) is 0 Å². The van der Waals surface area contributed by atoms with Gasteiger partial charge in [-0.3, -0.25) is 4.72 Å². The number of fused-ring (bicyclic) bond motifs is 2. The normalized spacial score (nSPS) is 24.7. The highest BCUT2D eigenvalue weighted by molar-refractivity contribution is 7.94. The van der Waals surface area contributed by atoms with E-state index >= 15 is 0 Å². The van der Waals surface area contributed by atoms with Crippen LogP contribution >= 0.6 is 0 Å². The highest BCUT2D eigenvalue weighted by atomic mass is 32.2. The van der Waals surface area contributed by atoms with Crippen molar-refractivity contribution in [1.82, 2.24) is 4.90 Å². The summed E-state index contributed by atoms with van der Waals surface area (Å²) in [5.41, 5.74) is 1.73. The number of nitrogens with zero attached hydrogens (tertiary/aromatic N) is 1. The molecule has 1 aromatic carbocycles. The largest absolute Gasteiger partial charge is 0.303 e. The van der Waals surface area contributed by atoms with Crippen molar-refractivity contribution in [2.24, 2.45) is 0 Å². The summed E-state index contributed by atoms with van der Waals surface area (Å²) in [5, 5.41) is 0. The third-order valence-corrected chi connectivity index (χ3v) is 6.43. The Bertz CT molecular complexity index is 560. The molecule has 1 N–H and O–H groups in total. The number of nitrogens with one attached hydrogen (secondary N) is 1. The maximum absolute atomic E-state index is 12.5. The van der Waals surface area contributed by atoms with Gasteiger partial charge in [0.1, 0.15) is 4.75 Å². The molecule has 3 rings (SSSR count). The molecule has 1 fully saturated rings. The Morgan fingerprint density at radius 3 is 2.61 bits per heavy atom. The molecule has 1 spiro atoms. The Labute approximate surface area is 108 Å². The Hall–Kier alpha value is -1.07. The number of hydrogen-bond donors (Lipinski definition) is 1. The van der Waals surface area contributed by atoms with Gasteiger partial charge in [0, 0.05) is 13.1 Å². The molecule has 2 aliphatic rings. The second-order valence-electron chi connectivity index (χ2n) is 5.08. The molecule has 0 saturated carbocycles. The average molecular weight is 266 g/mol. The standard InChI is InChI=1S/C13H18N2O2S/c1-2-15-9-7-13(8-10-15)11-5-3-4-6-12(11)14-18(13,16)17/h3-6,14H,2,7-10H2,1H3. The molecule has 2 aliphatic heterocycles. The quantitative estimate of drug-likeness (QED) is 0.842. The molecule has 0 amide bonds. The van der Waals surface area contributed by atoms with Gasteiger partial charge in [-0.05, 0) is 31.0 Å². The van der Waals surface area contributed by atoms with Crippen molar-refractivity contribution >= 4 is 15.7 Å². The molecule has 4 nitrogen and oxygen atoms in total. The average Bonchev–Trinajstić information content (AvgIpc) is 2.59. The van der Waals surface area contributed by atoms with Crippen molar-refractivity contribution in [1.29, 1.82) is 0 Å². The van der Waals surface area contributed by atoms with E-state index in [-0.39, 0.29) is 0 Å². The molecule has 0 atom stereocenters. The lowest BCUT2D eigenvalue weighted by atomic mass is 9.87. The SMILES string of the molecule is CCN1CCC2(CC1)c1ccccc1NS2(=O)=O. The summed E-state index contributed by atoms with van der Waals surface area (Å²) in [6.07, 6.45) is 1.38. The lowest BCUT2D eigenvalue weighted by molar-refractivity contribution is 0.206. The van der Waals surface area contributed by atoms with Crippen molar-refractivity contribution in [2.45, 2.75) is 24.5 Å². The van der Waals surface area contributed by atoms with Crippen LogP contribution in [0.1, 0.15) is 25.3 Å². The van der Waals surface area contributed by atoms with Crippen LogP contribution in [0.4, 0.5) is 5.69 Å². The number of hydrogen-bond acceptors (Lipinski definition) is 3. The summed E-state index contributed by atoms with van der Waals surface area (Å²) in [6, 6.07) is 7.61. The predicted molar refractivity (Wildman–Crippen MR) is 72.0 cm³/mol. The van der Waals surface area contributed by atoms with Gasteiger partial charge < -0.3 is 4.90 Å². The lowest BCUT2D eigenvalue weighted by Gasteiger charge is -2.37. The number of sulfonamides is 1. The summed E-state index contributed by atoms with van der Waals surface area (Å²) in [6.45, 7) is 4.82. The monoisotopic (exact) mass is 266 g/mol. The highest BCUT2D eigenvalue weighted by Crippen LogP contribution is 2.48. The summed E-state index contributed by atoms with van der Waals surface area (Å²) in [5.74, 6) is 0. The molecule has 98 valence electrons. The van der Waals surface area contributed by atoms with Gasteiger partial charge >= 0.3 is 0 Å². The zero-order valence-electron chi connectivity index (χ0n) is 10.5. The fourth-order valence-electron chi connectivity index (χ4n) is 3.13. The minimum Gasteiger partial charge on any atom is -0.303 e. The van der Waals surface area contributed by atoms with Crippen LogP contribution in [-0.4, -0.2) is 33.0 Å². The maximum atomic E-state index is 12.5. The third-order valence-electron chi connectivity index (χ3n) is 4.29. The molecule has 0 unspecified atom stereocenters. The Kier molecular flexibility index (Phi) is 2.64. The zero-order valence-corrected chi connectivity index (χ0v) is 11.3. The molecular formula is C13H18N2O2S. The predicted octanol–water partition coefficient (Wildman–Crippen LogP) is 1.75. The maximum Gasteiger partial charge on any atom is 0.242 e. The lowest BCUT2D eigenvalue weighted by Crippen LogP contribution is -2.46. The molecular weight excluding hydrogens is 248 g/mol. The number of benzene rings is 1. The van der Waals surface area contributed by atoms with E-state index in [0.717, 1.165) is 30.9 Å². The zero-order chi connectivity index (χ0) is 12.8. The van der Waals surface area contributed by atoms with Gasteiger partial charge in [-0.25, -0.2) is 8.42 Å². The first-order chi connectivity index (χ1) is 8.59. The van der Waals surface area contributed by atoms with E-state index in [9.17, 15) is 8.42 Å². The van der Waals surface area contributed by atoms with E-state index in [1.165, 1.54) is 0 Å². The van der Waals surface area contributed by atoms with Crippen LogP contribution in [0.3, 0.4) is 0 Å². The van der Waals surface area contributed by atoms with E-state index in [1.807, 2.05) is 24.3 Å². The van der Waals surface area contributed by atoms with Crippen molar-refractivity contribution in [3.63, 3.8) is 0 Å². The van der Waals surface area contributed by atoms with Crippen molar-refractivity contribution < 1.29 is 8.42 Å². The van der Waals surface area contributed by atoms with Gasteiger partial charge in [0.05, 0.1) is 5.69 Å². The molecule has 0 aromatic heterocycles. The van der Waals surface area contributed by atoms with Crippen molar-refractivity contribution in [3.8, 4) is 0 Å². The first-order valence-electron chi connectivity index (χ1n) is 6.43. The second kappa shape index (κ2) is 3.96. The Morgan fingerprint density at radius 1 is 1.28 bits per heavy atom. The van der Waals surface area contributed by atoms with Gasteiger partial charge in [0.15, 0.2) is 0 Å². The van der Waals surface area contributed by atoms with Crippen molar-refractivity contribution in [3.05, 3.63) is 29.8 Å². The van der Waals surface area contributed by atoms with E-state index in [2.05, 4.69) is 16.5 Å². The van der Waals surface area contributed by atoms with Crippen LogP contribution in [0.15, 0.2) is 24.3 Å². The minimum absolute atomic E-state index is 0.688. The van der Waals surface area contributed by atoms with Gasteiger partial charge in [0.25, 0.3) is 0 Å². The summed E-state index contributed by atoms with van der Waals surface area (Å²) >= 11 is 0. The first kappa shape index (κ1) is 12.0. The summed E-state index contributed by atoms with van der Waals surface area (Å²) in [4.78, 5) is 2.31. The minimum atomic E-state index is -3.28. The first-order valence-corrected chi connectivity index (χ1v) is 7.91. The van der Waals surface area contributed by atoms with Crippen LogP contribution in [-0.2, 0) is 14.8 Å². The Balaban J connectivity index is 2.05. The molecule has 18 heavy (non-hydrogen) atoms. The summed E-state index contributed by atoms with van der Waals surface area (Å²) < 4.78 is 26.9. The van der Waals surface area contributed by atoms with Crippen molar-refractivity contribution in [2.75, 3.05) is 24.4 Å². The van der Waals surface area contributed by atoms with Gasteiger partial charge in [-0.2, -0.15) is 0 Å². The van der Waals surface area contributed by atoms with E-state index in [0.29, 0.717) is 12.8 Å². The van der Waals surface area contributed by atoms with Gasteiger partial charge in [-0.1, -0.05) is 25.1 Å². The van der Waals surface area contributed by atoms with Crippen LogP contribution in [0.25, 0.3) is 0 Å². The topological polar surface area (TPSA) is 49.4 Å². The van der Waals surface area contributed by atoms with E-state index in [1.54, 1.807) is 0 Å². The van der Waals surface area contributed by atoms with Gasteiger partial charge in [-0.15, -0.1) is 0 Å². The smallest absolute Gasteiger partial charge is 0.242 e. The number of piperidine rings is 1. The highest BCUT2D eigenvalue weighted by Gasteiger charge is 2.52. The number of rotatable bonds is 1. The van der Waals surface area contributed by atoms with Crippen LogP contribution in [0.2, 0.25) is 0 Å². The molecule has 1 aromatic rings.